The summed E-state index contributed by atoms with van der Waals surface area (Å²) < 4.78 is 31.6. The van der Waals surface area contributed by atoms with E-state index in [0.717, 1.165) is 6.07 Å². The molecule has 12 heavy (non-hydrogen) atoms. The van der Waals surface area contributed by atoms with Crippen LogP contribution in [-0.4, -0.2) is 38.3 Å². The first kappa shape index (κ1) is 12.3. The summed E-state index contributed by atoms with van der Waals surface area (Å²) in [5, 5.41) is 0. The fraction of sp³-hybridized carbons (Fsp3) is 0.143. The van der Waals surface area contributed by atoms with Crippen LogP contribution in [0.4, 0.5) is 4.39 Å². The summed E-state index contributed by atoms with van der Waals surface area (Å²) in [6.07, 6.45) is 0. The Kier molecular flexibility index (Phi) is 5.20. The number of hydrogen-bond donors (Lipinski definition) is 1. The number of benzene rings is 1. The molecule has 0 saturated heterocycles. The van der Waals surface area contributed by atoms with Gasteiger partial charge in [0.05, 0.1) is 4.90 Å². The van der Waals surface area contributed by atoms with Crippen LogP contribution >= 0.6 is 0 Å². The molecule has 0 fully saturated rings. The van der Waals surface area contributed by atoms with Gasteiger partial charge >= 0.3 is 0 Å². The molecule has 1 atom stereocenters. The number of halogens is 1. The molecule has 1 radical (unpaired) electrons. The Hall–Kier alpha value is 0.260. The van der Waals surface area contributed by atoms with E-state index in [-0.39, 0.29) is 34.5 Å². The van der Waals surface area contributed by atoms with Crippen LogP contribution in [0.15, 0.2) is 23.1 Å². The number of rotatable bonds is 1. The molecule has 2 nitrogen and oxygen atoms in total. The van der Waals surface area contributed by atoms with Crippen LogP contribution in [0.25, 0.3) is 0 Å². The normalized spacial score (nSPS) is 11.9. The average molecular weight is 197 g/mol. The van der Waals surface area contributed by atoms with Crippen molar-refractivity contribution in [3.8, 4) is 0 Å². The van der Waals surface area contributed by atoms with E-state index in [0.29, 0.717) is 5.56 Å². The SMILES string of the molecule is Cc1ccc(S(=O)O)cc1F.[Na]. The average Bonchev–Trinajstić information content (AvgIpc) is 1.94. The van der Waals surface area contributed by atoms with Gasteiger partial charge in [0.1, 0.15) is 5.82 Å². The van der Waals surface area contributed by atoms with Gasteiger partial charge in [-0.1, -0.05) is 6.07 Å². The van der Waals surface area contributed by atoms with Crippen LogP contribution < -0.4 is 0 Å². The Morgan fingerprint density at radius 1 is 1.50 bits per heavy atom. The fourth-order valence-electron chi connectivity index (χ4n) is 0.682. The maximum absolute atomic E-state index is 12.7. The van der Waals surface area contributed by atoms with Gasteiger partial charge in [-0.15, -0.1) is 0 Å². The molecule has 5 heteroatoms. The Morgan fingerprint density at radius 3 is 2.50 bits per heavy atom. The molecule has 0 heterocycles. The van der Waals surface area contributed by atoms with Crippen molar-refractivity contribution in [1.82, 2.24) is 0 Å². The van der Waals surface area contributed by atoms with E-state index in [1.165, 1.54) is 12.1 Å². The van der Waals surface area contributed by atoms with Crippen molar-refractivity contribution >= 4 is 40.6 Å². The third-order valence-corrected chi connectivity index (χ3v) is 2.00. The zero-order valence-electron chi connectivity index (χ0n) is 6.87. The smallest absolute Gasteiger partial charge is 0.186 e. The fourth-order valence-corrected chi connectivity index (χ4v) is 1.07. The van der Waals surface area contributed by atoms with E-state index in [1.54, 1.807) is 6.92 Å². The van der Waals surface area contributed by atoms with Crippen LogP contribution in [0.3, 0.4) is 0 Å². The molecule has 0 amide bonds. The van der Waals surface area contributed by atoms with Crippen LogP contribution in [0.5, 0.6) is 0 Å². The molecule has 0 aliphatic heterocycles. The first-order valence-corrected chi connectivity index (χ1v) is 4.09. The third kappa shape index (κ3) is 2.95. The van der Waals surface area contributed by atoms with Gasteiger partial charge in [0, 0.05) is 29.6 Å². The molecule has 1 N–H and O–H groups in total. The second-order valence-electron chi connectivity index (χ2n) is 2.16. The Bertz CT molecular complexity index is 303. The summed E-state index contributed by atoms with van der Waals surface area (Å²) in [6.45, 7) is 1.60. The van der Waals surface area contributed by atoms with Crippen LogP contribution in [0.1, 0.15) is 5.56 Å². The van der Waals surface area contributed by atoms with Crippen LogP contribution in [0.2, 0.25) is 0 Å². The zero-order chi connectivity index (χ0) is 8.43. The minimum absolute atomic E-state index is 0. The zero-order valence-corrected chi connectivity index (χ0v) is 9.69. The summed E-state index contributed by atoms with van der Waals surface area (Å²) in [4.78, 5) is 0.0908. The van der Waals surface area contributed by atoms with E-state index in [1.807, 2.05) is 0 Å². The summed E-state index contributed by atoms with van der Waals surface area (Å²) in [5.74, 6) is -0.454. The van der Waals surface area contributed by atoms with Crippen LogP contribution in [0, 0.1) is 12.7 Å². The predicted molar refractivity (Wildman–Crippen MR) is 45.9 cm³/mol. The topological polar surface area (TPSA) is 37.3 Å². The van der Waals surface area contributed by atoms with Gasteiger partial charge in [-0.3, -0.25) is 0 Å². The largest absolute Gasteiger partial charge is 0.302 e. The third-order valence-electron chi connectivity index (χ3n) is 1.34. The molecular weight excluding hydrogens is 190 g/mol. The van der Waals surface area contributed by atoms with Crippen molar-refractivity contribution in [3.05, 3.63) is 29.6 Å². The van der Waals surface area contributed by atoms with Crippen molar-refractivity contribution < 1.29 is 13.2 Å². The van der Waals surface area contributed by atoms with Gasteiger partial charge < -0.3 is 4.55 Å². The molecule has 1 unspecified atom stereocenters. The maximum Gasteiger partial charge on any atom is 0.186 e. The van der Waals surface area contributed by atoms with Gasteiger partial charge in [0.2, 0.25) is 0 Å². The Labute approximate surface area is 94.8 Å². The first-order valence-electron chi connectivity index (χ1n) is 2.98. The van der Waals surface area contributed by atoms with E-state index in [2.05, 4.69) is 0 Å². The van der Waals surface area contributed by atoms with Gasteiger partial charge in [0.15, 0.2) is 11.1 Å². The van der Waals surface area contributed by atoms with Crippen molar-refractivity contribution in [2.45, 2.75) is 11.8 Å². The minimum Gasteiger partial charge on any atom is -0.302 e. The summed E-state index contributed by atoms with van der Waals surface area (Å²) >= 11 is -2.09. The molecule has 61 valence electrons. The number of hydrogen-bond acceptors (Lipinski definition) is 1. The van der Waals surface area contributed by atoms with Gasteiger partial charge in [-0.05, 0) is 24.6 Å². The quantitative estimate of drug-likeness (QED) is 0.544. The number of aryl methyl sites for hydroxylation is 1. The van der Waals surface area contributed by atoms with Gasteiger partial charge in [0.25, 0.3) is 0 Å². The summed E-state index contributed by atoms with van der Waals surface area (Å²) in [5.41, 5.74) is 0.471. The second kappa shape index (κ2) is 5.09. The molecule has 1 aromatic rings. The minimum atomic E-state index is -2.09. The van der Waals surface area contributed by atoms with Crippen molar-refractivity contribution in [2.24, 2.45) is 0 Å². The monoisotopic (exact) mass is 197 g/mol. The molecule has 1 aromatic carbocycles. The van der Waals surface area contributed by atoms with E-state index < -0.39 is 16.9 Å². The molecule has 0 saturated carbocycles. The Balaban J connectivity index is 0.00000121. The molecule has 0 bridgehead atoms. The first-order chi connectivity index (χ1) is 5.11. The summed E-state index contributed by atoms with van der Waals surface area (Å²) in [6, 6.07) is 3.96. The van der Waals surface area contributed by atoms with Crippen LogP contribution in [-0.2, 0) is 11.1 Å². The second-order valence-corrected chi connectivity index (χ2v) is 3.13. The van der Waals surface area contributed by atoms with Gasteiger partial charge in [-0.25, -0.2) is 8.60 Å². The molecule has 0 aromatic heterocycles. The molecule has 0 aliphatic carbocycles. The maximum atomic E-state index is 12.7. The Morgan fingerprint density at radius 2 is 2.08 bits per heavy atom. The van der Waals surface area contributed by atoms with Crippen molar-refractivity contribution in [1.29, 1.82) is 0 Å². The predicted octanol–water partition coefficient (Wildman–Crippen LogP) is 1.33. The summed E-state index contributed by atoms with van der Waals surface area (Å²) in [7, 11) is 0. The molecule has 1 rings (SSSR count). The standard InChI is InChI=1S/C7H7FO2S.Na/c1-5-2-3-6(11(9)10)4-7(5)8;/h2-4H,1H3,(H,9,10);. The molecular formula is C7H7FNaO2S. The van der Waals surface area contributed by atoms with E-state index >= 15 is 0 Å². The molecule has 0 aliphatic rings. The van der Waals surface area contributed by atoms with Crippen molar-refractivity contribution in [3.63, 3.8) is 0 Å². The van der Waals surface area contributed by atoms with Gasteiger partial charge in [-0.2, -0.15) is 0 Å². The van der Waals surface area contributed by atoms with E-state index in [9.17, 15) is 8.60 Å². The molecule has 0 spiro atoms. The van der Waals surface area contributed by atoms with E-state index in [4.69, 9.17) is 4.55 Å². The van der Waals surface area contributed by atoms with Crippen molar-refractivity contribution in [2.75, 3.05) is 0 Å².